The van der Waals surface area contributed by atoms with Crippen molar-refractivity contribution in [2.24, 2.45) is 0 Å². The monoisotopic (exact) mass is 185 g/mol. The second kappa shape index (κ2) is 9.31. The molecular weight excluding hydrogens is 160 g/mol. The number of unbranched alkanes of at least 4 members (excludes halogenated alkanes) is 2. The second-order valence-corrected chi connectivity index (χ2v) is 6.23. The molecule has 0 aliphatic rings. The Kier molecular flexibility index (Phi) is 9.47. The molecule has 0 aliphatic carbocycles. The van der Waals surface area contributed by atoms with Crippen LogP contribution in [0.5, 0.6) is 0 Å². The van der Waals surface area contributed by atoms with Crippen molar-refractivity contribution in [2.45, 2.75) is 64.0 Å². The van der Waals surface area contributed by atoms with E-state index in [1.165, 1.54) is 44.6 Å². The van der Waals surface area contributed by atoms with Crippen LogP contribution in [0, 0.1) is 6.92 Å². The highest BCUT2D eigenvalue weighted by Gasteiger charge is 2.06. The predicted octanol–water partition coefficient (Wildman–Crippen LogP) is 3.58. The van der Waals surface area contributed by atoms with Crippen molar-refractivity contribution in [2.75, 3.05) is 0 Å². The van der Waals surface area contributed by atoms with Gasteiger partial charge in [-0.05, 0) is 0 Å². The van der Waals surface area contributed by atoms with Gasteiger partial charge < -0.3 is 0 Å². The lowest BCUT2D eigenvalue weighted by atomic mass is 10.1. The van der Waals surface area contributed by atoms with Gasteiger partial charge in [0.25, 0.3) is 0 Å². The molecule has 0 saturated carbocycles. The van der Waals surface area contributed by atoms with E-state index in [9.17, 15) is 0 Å². The van der Waals surface area contributed by atoms with E-state index in [0.717, 1.165) is 5.54 Å². The summed E-state index contributed by atoms with van der Waals surface area (Å²) in [7, 11) is 0.184. The van der Waals surface area contributed by atoms with Crippen LogP contribution in [0.4, 0.5) is 0 Å². The zero-order valence-electron chi connectivity index (χ0n) is 8.94. The van der Waals surface area contributed by atoms with Gasteiger partial charge in [-0.1, -0.05) is 70.9 Å². The van der Waals surface area contributed by atoms with Gasteiger partial charge in [0.15, 0.2) is 0 Å². The molecule has 0 aromatic rings. The number of hydrogen-bond acceptors (Lipinski definition) is 0. The Morgan fingerprint density at radius 2 is 1.58 bits per heavy atom. The van der Waals surface area contributed by atoms with Crippen molar-refractivity contribution in [1.82, 2.24) is 0 Å². The molecule has 0 aromatic carbocycles. The van der Waals surface area contributed by atoms with Crippen molar-refractivity contribution in [3.05, 3.63) is 6.92 Å². The quantitative estimate of drug-likeness (QED) is 0.507. The minimum Gasteiger partial charge on any atom is -0.0654 e. The fourth-order valence-electron chi connectivity index (χ4n) is 1.71. The second-order valence-electron chi connectivity index (χ2n) is 3.79. The van der Waals surface area contributed by atoms with E-state index < -0.39 is 0 Å². The first kappa shape index (κ1) is 12.2. The fourth-order valence-corrected chi connectivity index (χ4v) is 3.44. The number of rotatable bonds is 8. The molecule has 1 heteroatoms. The first-order chi connectivity index (χ1) is 5.85. The Hall–Kier alpha value is 0.217. The summed E-state index contributed by atoms with van der Waals surface area (Å²) in [6.45, 7) is 8.59. The smallest absolute Gasteiger partial charge is 0.0231 e. The van der Waals surface area contributed by atoms with E-state index in [1.807, 2.05) is 0 Å². The first-order valence-corrected chi connectivity index (χ1v) is 7.46. The molecule has 0 N–H and O–H groups in total. The summed E-state index contributed by atoms with van der Waals surface area (Å²) in [5.41, 5.74) is 1.11. The molecule has 1 radical (unpaired) electrons. The summed E-state index contributed by atoms with van der Waals surface area (Å²) >= 11 is 0. The van der Waals surface area contributed by atoms with E-state index in [0.29, 0.717) is 0 Å². The summed E-state index contributed by atoms with van der Waals surface area (Å²) in [6.07, 6.45) is 8.63. The first-order valence-electron chi connectivity index (χ1n) is 5.64. The van der Waals surface area contributed by atoms with Crippen LogP contribution in [-0.2, 0) is 0 Å². The molecular formula is C11H25Si. The van der Waals surface area contributed by atoms with Crippen LogP contribution in [0.15, 0.2) is 0 Å². The van der Waals surface area contributed by atoms with E-state index in [1.54, 1.807) is 0 Å². The van der Waals surface area contributed by atoms with Gasteiger partial charge in [-0.15, -0.1) is 0 Å². The van der Waals surface area contributed by atoms with Crippen LogP contribution in [-0.4, -0.2) is 9.52 Å². The van der Waals surface area contributed by atoms with Gasteiger partial charge in [0.05, 0.1) is 0 Å². The third-order valence-corrected chi connectivity index (χ3v) is 4.59. The van der Waals surface area contributed by atoms with Crippen molar-refractivity contribution in [1.29, 1.82) is 0 Å². The topological polar surface area (TPSA) is 0 Å². The molecule has 0 aromatic heterocycles. The third kappa shape index (κ3) is 6.90. The van der Waals surface area contributed by atoms with E-state index in [4.69, 9.17) is 0 Å². The molecule has 0 unspecified atom stereocenters. The summed E-state index contributed by atoms with van der Waals surface area (Å²) in [5.74, 6) is 0. The van der Waals surface area contributed by atoms with Crippen LogP contribution < -0.4 is 0 Å². The summed E-state index contributed by atoms with van der Waals surface area (Å²) < 4.78 is 0. The lowest BCUT2D eigenvalue weighted by Crippen LogP contribution is -2.02. The predicted molar refractivity (Wildman–Crippen MR) is 61.5 cm³/mol. The molecule has 0 atom stereocenters. The van der Waals surface area contributed by atoms with Gasteiger partial charge in [0.1, 0.15) is 0 Å². The standard InChI is InChI=1S/C11H25Si/c1-4-7-9-11(12-6-3)10-8-5-2/h11H,3-10,12H2,1-2H3. The third-order valence-electron chi connectivity index (χ3n) is 2.54. The highest BCUT2D eigenvalue weighted by atomic mass is 28.2. The van der Waals surface area contributed by atoms with Crippen molar-refractivity contribution < 1.29 is 0 Å². The van der Waals surface area contributed by atoms with Gasteiger partial charge in [0, 0.05) is 9.52 Å². The zero-order valence-corrected chi connectivity index (χ0v) is 10.4. The van der Waals surface area contributed by atoms with Crippen molar-refractivity contribution in [3.8, 4) is 0 Å². The van der Waals surface area contributed by atoms with E-state index >= 15 is 0 Å². The Morgan fingerprint density at radius 3 is 1.92 bits per heavy atom. The molecule has 0 rings (SSSR count). The largest absolute Gasteiger partial charge is 0.0654 e. The minimum absolute atomic E-state index is 0.184. The van der Waals surface area contributed by atoms with Crippen LogP contribution in [0.1, 0.15) is 52.4 Å². The maximum absolute atomic E-state index is 4.00. The van der Waals surface area contributed by atoms with Crippen LogP contribution >= 0.6 is 0 Å². The van der Waals surface area contributed by atoms with E-state index in [-0.39, 0.29) is 9.52 Å². The summed E-state index contributed by atoms with van der Waals surface area (Å²) in [6, 6.07) is 1.26. The van der Waals surface area contributed by atoms with Crippen LogP contribution in [0.25, 0.3) is 0 Å². The summed E-state index contributed by atoms with van der Waals surface area (Å²) in [4.78, 5) is 0. The SMILES string of the molecule is [CH2]C[SiH2]C(CCCC)CCCC. The van der Waals surface area contributed by atoms with E-state index in [2.05, 4.69) is 20.8 Å². The highest BCUT2D eigenvalue weighted by molar-refractivity contribution is 6.37. The Labute approximate surface area is 81.0 Å². The molecule has 12 heavy (non-hydrogen) atoms. The molecule has 0 heterocycles. The Bertz CT molecular complexity index is 73.1. The van der Waals surface area contributed by atoms with Gasteiger partial charge >= 0.3 is 0 Å². The van der Waals surface area contributed by atoms with Crippen molar-refractivity contribution >= 4 is 9.52 Å². The van der Waals surface area contributed by atoms with Crippen LogP contribution in [0.3, 0.4) is 0 Å². The molecule has 0 aliphatic heterocycles. The van der Waals surface area contributed by atoms with Gasteiger partial charge in [-0.3, -0.25) is 0 Å². The lowest BCUT2D eigenvalue weighted by molar-refractivity contribution is 0.596. The fraction of sp³-hybridized carbons (Fsp3) is 0.909. The minimum atomic E-state index is 0.184. The molecule has 0 saturated heterocycles. The molecule has 0 fully saturated rings. The maximum atomic E-state index is 4.00. The van der Waals surface area contributed by atoms with Crippen molar-refractivity contribution in [3.63, 3.8) is 0 Å². The van der Waals surface area contributed by atoms with Gasteiger partial charge in [-0.25, -0.2) is 0 Å². The maximum Gasteiger partial charge on any atom is 0.0231 e. The molecule has 0 spiro atoms. The lowest BCUT2D eigenvalue weighted by Gasteiger charge is -2.14. The molecule has 0 nitrogen and oxygen atoms in total. The normalized spacial score (nSPS) is 12.0. The average molecular weight is 185 g/mol. The average Bonchev–Trinajstić information content (AvgIpc) is 2.10. The highest BCUT2D eigenvalue weighted by Crippen LogP contribution is 2.21. The molecule has 0 amide bonds. The molecule has 0 bridgehead atoms. The zero-order chi connectivity index (χ0) is 9.23. The van der Waals surface area contributed by atoms with Gasteiger partial charge in [-0.2, -0.15) is 0 Å². The Morgan fingerprint density at radius 1 is 1.08 bits per heavy atom. The number of hydrogen-bond donors (Lipinski definition) is 0. The summed E-state index contributed by atoms with van der Waals surface area (Å²) in [5, 5.41) is 0. The van der Waals surface area contributed by atoms with Gasteiger partial charge in [0.2, 0.25) is 0 Å². The van der Waals surface area contributed by atoms with Crippen LogP contribution in [0.2, 0.25) is 11.6 Å². The molecule has 73 valence electrons. The Balaban J connectivity index is 3.40.